The van der Waals surface area contributed by atoms with E-state index in [0.717, 1.165) is 51.4 Å². The number of aliphatic hydroxyl groups excluding tert-OH is 1. The van der Waals surface area contributed by atoms with Gasteiger partial charge < -0.3 is 19.8 Å². The summed E-state index contributed by atoms with van der Waals surface area (Å²) in [7, 11) is 1.63. The Bertz CT molecular complexity index is 1400. The van der Waals surface area contributed by atoms with Crippen molar-refractivity contribution in [3.8, 4) is 0 Å². The Hall–Kier alpha value is -1.28. The molecule has 3 unspecified atom stereocenters. The van der Waals surface area contributed by atoms with Gasteiger partial charge in [0.2, 0.25) is 5.91 Å². The largest absolute Gasteiger partial charge is 0.472 e. The summed E-state index contributed by atoms with van der Waals surface area (Å²) in [6, 6.07) is -0.759. The molecule has 0 aromatic heterocycles. The van der Waals surface area contributed by atoms with E-state index >= 15 is 0 Å². The highest BCUT2D eigenvalue weighted by atomic mass is 31.2. The molecule has 0 heterocycles. The molecule has 0 radical (unpaired) electrons. The number of likely N-dealkylation sites (N-methyl/N-ethyl adjacent to an activating group) is 1. The second-order valence-corrected chi connectivity index (χ2v) is 27.1. The molecule has 0 aliphatic rings. The van der Waals surface area contributed by atoms with Crippen LogP contribution in [0.1, 0.15) is 361 Å². The quantitative estimate of drug-likeness (QED) is 0.0243. The number of quaternary nitrogens is 1. The van der Waals surface area contributed by atoms with Gasteiger partial charge in [0.05, 0.1) is 39.9 Å². The first kappa shape index (κ1) is 78.7. The van der Waals surface area contributed by atoms with Crippen LogP contribution in [0.25, 0.3) is 0 Å². The molecule has 0 rings (SSSR count). The normalized spacial score (nSPS) is 13.8. The summed E-state index contributed by atoms with van der Waals surface area (Å²) in [5, 5.41) is 14.1. The first-order valence-electron chi connectivity index (χ1n) is 35.4. The van der Waals surface area contributed by atoms with E-state index in [0.29, 0.717) is 23.9 Å². The zero-order valence-electron chi connectivity index (χ0n) is 54.3. The van der Waals surface area contributed by atoms with Gasteiger partial charge in [-0.2, -0.15) is 0 Å². The number of nitrogens with one attached hydrogen (secondary N) is 1. The molecular weight excluding hydrogens is 1010 g/mol. The lowest BCUT2D eigenvalue weighted by Crippen LogP contribution is -2.46. The zero-order valence-corrected chi connectivity index (χ0v) is 55.2. The van der Waals surface area contributed by atoms with Crippen LogP contribution in [0.2, 0.25) is 0 Å². The van der Waals surface area contributed by atoms with Crippen LogP contribution >= 0.6 is 7.82 Å². The van der Waals surface area contributed by atoms with Crippen LogP contribution in [-0.4, -0.2) is 73.4 Å². The predicted octanol–water partition coefficient (Wildman–Crippen LogP) is 22.4. The molecule has 0 aromatic rings. The third kappa shape index (κ3) is 64.3. The molecule has 3 N–H and O–H groups in total. The summed E-state index contributed by atoms with van der Waals surface area (Å²) in [6.45, 7) is 4.93. The molecule has 3 atom stereocenters. The second kappa shape index (κ2) is 62.3. The standard InChI is InChI=1S/C71H139N2O6P/c1-6-8-10-12-14-16-18-20-22-24-26-27-28-29-30-31-32-33-34-35-36-37-38-39-40-41-42-43-44-45-47-49-51-53-55-57-59-61-63-65-71(75)72-69(68-79-80(76,77)78-67-66-73(3,4)5)70(74)64-62-60-58-56-54-52-50-48-46-25-23-21-19-17-15-13-11-9-7-2/h18,20,24,26,28-29,69-70,74H,6-17,19,21-23,25,27,30-68H2,1-5H3,(H-,72,75,76,77)/p+1/b20-18-,26-24-,29-28-. The third-order valence-corrected chi connectivity index (χ3v) is 17.4. The number of carbonyl (C=O) groups is 1. The van der Waals surface area contributed by atoms with Gasteiger partial charge in [-0.25, -0.2) is 4.57 Å². The van der Waals surface area contributed by atoms with Crippen LogP contribution in [0.4, 0.5) is 0 Å². The van der Waals surface area contributed by atoms with Gasteiger partial charge in [0.25, 0.3) is 0 Å². The molecule has 0 aromatic carbocycles. The summed E-state index contributed by atoms with van der Waals surface area (Å²) in [5.74, 6) is -0.136. The van der Waals surface area contributed by atoms with E-state index < -0.39 is 20.0 Å². The fourth-order valence-corrected chi connectivity index (χ4v) is 11.6. The number of carbonyl (C=O) groups excluding carboxylic acids is 1. The Morgan fingerprint density at radius 3 is 1.04 bits per heavy atom. The van der Waals surface area contributed by atoms with Gasteiger partial charge in [-0.3, -0.25) is 13.8 Å². The van der Waals surface area contributed by atoms with Crippen LogP contribution in [0.3, 0.4) is 0 Å². The van der Waals surface area contributed by atoms with Crippen molar-refractivity contribution in [3.05, 3.63) is 36.5 Å². The Morgan fingerprint density at radius 2 is 0.713 bits per heavy atom. The van der Waals surface area contributed by atoms with Crippen LogP contribution in [0, 0.1) is 0 Å². The number of allylic oxidation sites excluding steroid dienone is 6. The molecule has 0 saturated heterocycles. The molecule has 80 heavy (non-hydrogen) atoms. The van der Waals surface area contributed by atoms with Crippen LogP contribution in [-0.2, 0) is 18.4 Å². The van der Waals surface area contributed by atoms with Crippen LogP contribution in [0.15, 0.2) is 36.5 Å². The average Bonchev–Trinajstić information content (AvgIpc) is 3.42. The van der Waals surface area contributed by atoms with E-state index in [2.05, 4.69) is 55.6 Å². The summed E-state index contributed by atoms with van der Waals surface area (Å²) >= 11 is 0. The highest BCUT2D eigenvalue weighted by Crippen LogP contribution is 2.43. The Morgan fingerprint density at radius 1 is 0.425 bits per heavy atom. The summed E-state index contributed by atoms with van der Waals surface area (Å²) in [4.78, 5) is 23.4. The highest BCUT2D eigenvalue weighted by Gasteiger charge is 2.28. The molecule has 1 amide bonds. The van der Waals surface area contributed by atoms with Crippen molar-refractivity contribution in [2.24, 2.45) is 0 Å². The minimum Gasteiger partial charge on any atom is -0.391 e. The summed E-state index contributed by atoms with van der Waals surface area (Å²) in [6.07, 6.45) is 82.5. The maximum atomic E-state index is 13.1. The van der Waals surface area contributed by atoms with E-state index in [1.165, 1.54) is 283 Å². The Kier molecular flexibility index (Phi) is 61.3. The number of amides is 1. The van der Waals surface area contributed by atoms with Gasteiger partial charge >= 0.3 is 7.82 Å². The fourth-order valence-electron chi connectivity index (χ4n) is 10.9. The molecule has 0 fully saturated rings. The number of hydrogen-bond donors (Lipinski definition) is 3. The van der Waals surface area contributed by atoms with E-state index in [1.54, 1.807) is 0 Å². The van der Waals surface area contributed by atoms with Crippen LogP contribution < -0.4 is 5.32 Å². The van der Waals surface area contributed by atoms with Crippen molar-refractivity contribution in [2.45, 2.75) is 373 Å². The van der Waals surface area contributed by atoms with Crippen molar-refractivity contribution in [2.75, 3.05) is 40.9 Å². The number of unbranched alkanes of at least 4 members (excludes halogenated alkanes) is 47. The van der Waals surface area contributed by atoms with E-state index in [9.17, 15) is 19.4 Å². The van der Waals surface area contributed by atoms with Crippen LogP contribution in [0.5, 0.6) is 0 Å². The molecule has 9 heteroatoms. The molecule has 8 nitrogen and oxygen atoms in total. The minimum absolute atomic E-state index is 0.0773. The van der Waals surface area contributed by atoms with Gasteiger partial charge in [-0.15, -0.1) is 0 Å². The fraction of sp³-hybridized carbons (Fsp3) is 0.901. The topological polar surface area (TPSA) is 105 Å². The molecule has 0 saturated carbocycles. The maximum Gasteiger partial charge on any atom is 0.472 e. The first-order chi connectivity index (χ1) is 39.0. The van der Waals surface area contributed by atoms with Crippen molar-refractivity contribution in [1.29, 1.82) is 0 Å². The molecule has 0 bridgehead atoms. The summed E-state index contributed by atoms with van der Waals surface area (Å²) in [5.41, 5.74) is 0. The molecule has 0 aliphatic carbocycles. The van der Waals surface area contributed by atoms with Gasteiger partial charge in [0, 0.05) is 6.42 Å². The predicted molar refractivity (Wildman–Crippen MR) is 351 cm³/mol. The van der Waals surface area contributed by atoms with Crippen molar-refractivity contribution in [3.63, 3.8) is 0 Å². The van der Waals surface area contributed by atoms with Gasteiger partial charge in [-0.05, 0) is 51.4 Å². The minimum atomic E-state index is -4.33. The Balaban J connectivity index is 3.90. The van der Waals surface area contributed by atoms with E-state index in [1.807, 2.05) is 21.1 Å². The van der Waals surface area contributed by atoms with Crippen molar-refractivity contribution >= 4 is 13.7 Å². The average molecular weight is 1150 g/mol. The zero-order chi connectivity index (χ0) is 58.4. The number of phosphoric ester groups is 1. The number of rotatable bonds is 66. The third-order valence-electron chi connectivity index (χ3n) is 16.4. The second-order valence-electron chi connectivity index (χ2n) is 25.6. The SMILES string of the molecule is CCCCCCC/C=C\C/C=C\C/C=C\CCCCCCCCCCCCCCCCCCCCCCCCCCC(=O)NC(COP(=O)(O)OCC[N+](C)(C)C)C(O)CCCCCCCCCCCCCCCCCCCCC. The molecule has 0 aliphatic heterocycles. The summed E-state index contributed by atoms with van der Waals surface area (Å²) < 4.78 is 23.9. The lowest BCUT2D eigenvalue weighted by atomic mass is 10.0. The smallest absolute Gasteiger partial charge is 0.391 e. The molecule has 474 valence electrons. The Labute approximate surface area is 499 Å². The number of nitrogens with zero attached hydrogens (tertiary/aromatic N) is 1. The lowest BCUT2D eigenvalue weighted by molar-refractivity contribution is -0.870. The van der Waals surface area contributed by atoms with Crippen molar-refractivity contribution < 1.29 is 32.9 Å². The lowest BCUT2D eigenvalue weighted by Gasteiger charge is -2.26. The monoisotopic (exact) mass is 1150 g/mol. The van der Waals surface area contributed by atoms with Gasteiger partial charge in [-0.1, -0.05) is 339 Å². The maximum absolute atomic E-state index is 13.1. The van der Waals surface area contributed by atoms with E-state index in [4.69, 9.17) is 9.05 Å². The highest BCUT2D eigenvalue weighted by molar-refractivity contribution is 7.47. The van der Waals surface area contributed by atoms with E-state index in [-0.39, 0.29) is 19.1 Å². The van der Waals surface area contributed by atoms with Gasteiger partial charge in [0.15, 0.2) is 0 Å². The first-order valence-corrected chi connectivity index (χ1v) is 36.8. The number of aliphatic hydroxyl groups is 1. The number of phosphoric acid groups is 1. The van der Waals surface area contributed by atoms with Crippen molar-refractivity contribution in [1.82, 2.24) is 5.32 Å². The molecular formula is C71H140N2O6P+. The molecule has 0 spiro atoms. The number of hydrogen-bond acceptors (Lipinski definition) is 5. The van der Waals surface area contributed by atoms with Gasteiger partial charge in [0.1, 0.15) is 13.2 Å².